The molecular formula is C20H25FO3. The van der Waals surface area contributed by atoms with Crippen LogP contribution in [0.5, 0.6) is 11.5 Å². The molecule has 0 N–H and O–H groups in total. The zero-order valence-electron chi connectivity index (χ0n) is 14.2. The number of halogens is 1. The summed E-state index contributed by atoms with van der Waals surface area (Å²) < 4.78 is 26.0. The third kappa shape index (κ3) is 2.70. The van der Waals surface area contributed by atoms with Crippen molar-refractivity contribution in [3.8, 4) is 11.5 Å². The quantitative estimate of drug-likeness (QED) is 0.809. The highest BCUT2D eigenvalue weighted by atomic mass is 19.1. The fraction of sp³-hybridized carbons (Fsp3) is 0.650. The van der Waals surface area contributed by atoms with Gasteiger partial charge in [0.2, 0.25) is 5.82 Å². The van der Waals surface area contributed by atoms with Crippen LogP contribution in [0.1, 0.15) is 63.4 Å². The average Bonchev–Trinajstić information content (AvgIpc) is 2.97. The zero-order chi connectivity index (χ0) is 16.7. The number of ketones is 1. The van der Waals surface area contributed by atoms with Gasteiger partial charge in [-0.1, -0.05) is 6.07 Å². The largest absolute Gasteiger partial charge is 0.491 e. The van der Waals surface area contributed by atoms with E-state index in [1.54, 1.807) is 6.07 Å². The van der Waals surface area contributed by atoms with Crippen LogP contribution in [0.3, 0.4) is 0 Å². The van der Waals surface area contributed by atoms with E-state index in [0.29, 0.717) is 35.9 Å². The second-order valence-corrected chi connectivity index (χ2v) is 7.44. The van der Waals surface area contributed by atoms with E-state index >= 15 is 0 Å². The molecule has 2 aliphatic carbocycles. The van der Waals surface area contributed by atoms with E-state index in [4.69, 9.17) is 9.47 Å². The van der Waals surface area contributed by atoms with Crippen molar-refractivity contribution >= 4 is 5.78 Å². The summed E-state index contributed by atoms with van der Waals surface area (Å²) in [6, 6.07) is 3.72. The van der Waals surface area contributed by atoms with Gasteiger partial charge in [0, 0.05) is 24.3 Å². The molecule has 24 heavy (non-hydrogen) atoms. The van der Waals surface area contributed by atoms with Gasteiger partial charge in [0.1, 0.15) is 11.9 Å². The summed E-state index contributed by atoms with van der Waals surface area (Å²) in [6.07, 6.45) is 6.82. The van der Waals surface area contributed by atoms with Crippen LogP contribution in [-0.2, 0) is 4.79 Å². The van der Waals surface area contributed by atoms with Crippen LogP contribution in [0.4, 0.5) is 4.39 Å². The molecule has 1 aromatic carbocycles. The lowest BCUT2D eigenvalue weighted by Crippen LogP contribution is -2.33. The van der Waals surface area contributed by atoms with Crippen molar-refractivity contribution in [2.75, 3.05) is 6.61 Å². The Labute approximate surface area is 142 Å². The molecule has 1 aliphatic heterocycles. The highest BCUT2D eigenvalue weighted by Gasteiger charge is 2.43. The molecule has 3 atom stereocenters. The standard InChI is InChI=1S/C20H25FO3/c1-2-23-17-10-9-16-15-8-5-13(12-3-6-14(22)7-4-12)11-18(15)24-20(16)19(17)21/h9-10,12-13,15,18H,2-8,11H2,1H3/t13-,15+,18-/m1/s1. The lowest BCUT2D eigenvalue weighted by Gasteiger charge is -2.37. The molecule has 0 unspecified atom stereocenters. The second-order valence-electron chi connectivity index (χ2n) is 7.44. The number of carbonyl (C=O) groups is 1. The lowest BCUT2D eigenvalue weighted by molar-refractivity contribution is -0.121. The molecule has 0 amide bonds. The Kier molecular flexibility index (Phi) is 4.23. The monoisotopic (exact) mass is 332 g/mol. The van der Waals surface area contributed by atoms with Gasteiger partial charge in [0.15, 0.2) is 11.5 Å². The van der Waals surface area contributed by atoms with Crippen LogP contribution < -0.4 is 9.47 Å². The molecule has 3 aliphatic rings. The molecule has 4 heteroatoms. The molecule has 1 heterocycles. The van der Waals surface area contributed by atoms with Crippen LogP contribution in [0.2, 0.25) is 0 Å². The van der Waals surface area contributed by atoms with Crippen molar-refractivity contribution in [2.24, 2.45) is 11.8 Å². The maximum Gasteiger partial charge on any atom is 0.207 e. The lowest BCUT2D eigenvalue weighted by atomic mass is 9.69. The van der Waals surface area contributed by atoms with E-state index in [1.807, 2.05) is 13.0 Å². The molecule has 2 fully saturated rings. The average molecular weight is 332 g/mol. The van der Waals surface area contributed by atoms with Crippen LogP contribution in [0.15, 0.2) is 12.1 Å². The third-order valence-corrected chi connectivity index (χ3v) is 6.15. The van der Waals surface area contributed by atoms with Crippen molar-refractivity contribution in [1.29, 1.82) is 0 Å². The van der Waals surface area contributed by atoms with Crippen LogP contribution in [0, 0.1) is 17.7 Å². The van der Waals surface area contributed by atoms with Crippen molar-refractivity contribution < 1.29 is 18.7 Å². The second kappa shape index (κ2) is 6.38. The minimum atomic E-state index is -0.344. The first-order valence-corrected chi connectivity index (χ1v) is 9.31. The SMILES string of the molecule is CCOc1ccc2c(c1F)O[C@@H]1C[C@H](C3CCC(=O)CC3)CC[C@@H]21. The van der Waals surface area contributed by atoms with Crippen molar-refractivity contribution in [1.82, 2.24) is 0 Å². The van der Waals surface area contributed by atoms with Crippen LogP contribution in [-0.4, -0.2) is 18.5 Å². The van der Waals surface area contributed by atoms with Gasteiger partial charge in [-0.3, -0.25) is 4.79 Å². The highest BCUT2D eigenvalue weighted by Crippen LogP contribution is 2.51. The number of hydrogen-bond acceptors (Lipinski definition) is 3. The molecule has 0 bridgehead atoms. The Balaban J connectivity index is 1.49. The number of fused-ring (bicyclic) bond motifs is 3. The molecular weight excluding hydrogens is 307 g/mol. The fourth-order valence-electron chi connectivity index (χ4n) is 4.89. The first kappa shape index (κ1) is 15.9. The maximum absolute atomic E-state index is 14.6. The van der Waals surface area contributed by atoms with E-state index in [-0.39, 0.29) is 17.7 Å². The summed E-state index contributed by atoms with van der Waals surface area (Å²) in [7, 11) is 0. The Morgan fingerprint density at radius 3 is 2.71 bits per heavy atom. The number of Topliss-reactive ketones (excluding diaryl/α,β-unsaturated/α-hetero) is 1. The van der Waals surface area contributed by atoms with E-state index in [1.165, 1.54) is 0 Å². The van der Waals surface area contributed by atoms with Gasteiger partial charge < -0.3 is 9.47 Å². The van der Waals surface area contributed by atoms with E-state index in [9.17, 15) is 9.18 Å². The molecule has 1 aromatic rings. The van der Waals surface area contributed by atoms with Gasteiger partial charge in [-0.2, -0.15) is 4.39 Å². The van der Waals surface area contributed by atoms with Gasteiger partial charge in [0.25, 0.3) is 0 Å². The van der Waals surface area contributed by atoms with Gasteiger partial charge in [-0.15, -0.1) is 0 Å². The molecule has 0 saturated heterocycles. The molecule has 0 spiro atoms. The summed E-state index contributed by atoms with van der Waals surface area (Å²) in [5.74, 6) is 2.33. The first-order valence-electron chi connectivity index (χ1n) is 9.31. The number of rotatable bonds is 3. The van der Waals surface area contributed by atoms with E-state index in [0.717, 1.165) is 50.5 Å². The predicted octanol–water partition coefficient (Wildman–Crippen LogP) is 4.63. The number of carbonyl (C=O) groups excluding carboxylic acids is 1. The maximum atomic E-state index is 14.6. The van der Waals surface area contributed by atoms with Crippen molar-refractivity contribution in [3.63, 3.8) is 0 Å². The topological polar surface area (TPSA) is 35.5 Å². The van der Waals surface area contributed by atoms with Gasteiger partial charge in [0.05, 0.1) is 6.61 Å². The normalized spacial score (nSPS) is 29.8. The summed E-state index contributed by atoms with van der Waals surface area (Å²) in [5, 5.41) is 0. The predicted molar refractivity (Wildman–Crippen MR) is 89.0 cm³/mol. The Morgan fingerprint density at radius 2 is 1.96 bits per heavy atom. The van der Waals surface area contributed by atoms with Crippen LogP contribution in [0.25, 0.3) is 0 Å². The molecule has 0 radical (unpaired) electrons. The highest BCUT2D eigenvalue weighted by molar-refractivity contribution is 5.79. The first-order chi connectivity index (χ1) is 11.7. The summed E-state index contributed by atoms with van der Waals surface area (Å²) in [6.45, 7) is 2.30. The molecule has 3 nitrogen and oxygen atoms in total. The molecule has 2 saturated carbocycles. The number of hydrogen-bond donors (Lipinski definition) is 0. The summed E-state index contributed by atoms with van der Waals surface area (Å²) in [4.78, 5) is 11.5. The zero-order valence-corrected chi connectivity index (χ0v) is 14.2. The molecule has 4 rings (SSSR count). The van der Waals surface area contributed by atoms with Gasteiger partial charge in [-0.05, 0) is 56.9 Å². The fourth-order valence-corrected chi connectivity index (χ4v) is 4.89. The van der Waals surface area contributed by atoms with Crippen molar-refractivity contribution in [2.45, 2.75) is 63.9 Å². The number of benzene rings is 1. The Hall–Kier alpha value is -1.58. The Morgan fingerprint density at radius 1 is 1.17 bits per heavy atom. The van der Waals surface area contributed by atoms with Crippen LogP contribution >= 0.6 is 0 Å². The van der Waals surface area contributed by atoms with E-state index < -0.39 is 0 Å². The molecule has 0 aromatic heterocycles. The van der Waals surface area contributed by atoms with Crippen molar-refractivity contribution in [3.05, 3.63) is 23.5 Å². The minimum absolute atomic E-state index is 0.0859. The smallest absolute Gasteiger partial charge is 0.207 e. The summed E-state index contributed by atoms with van der Waals surface area (Å²) >= 11 is 0. The molecule has 130 valence electrons. The minimum Gasteiger partial charge on any atom is -0.491 e. The Bertz CT molecular complexity index is 632. The summed E-state index contributed by atoms with van der Waals surface area (Å²) in [5.41, 5.74) is 1.01. The number of ether oxygens (including phenoxy) is 2. The van der Waals surface area contributed by atoms with E-state index in [2.05, 4.69) is 0 Å². The van der Waals surface area contributed by atoms with Gasteiger partial charge >= 0.3 is 0 Å². The third-order valence-electron chi connectivity index (χ3n) is 6.15. The van der Waals surface area contributed by atoms with Gasteiger partial charge in [-0.25, -0.2) is 0 Å².